The molecule has 2 bridgehead atoms. The molecule has 3 aliphatic heterocycles. The number of carbonyl (C=O) groups excluding carboxylic acids is 3. The van der Waals surface area contributed by atoms with Gasteiger partial charge in [0.05, 0.1) is 16.6 Å². The number of hydrogen-bond donors (Lipinski definition) is 1. The Kier molecular flexibility index (Phi) is 7.36. The van der Waals surface area contributed by atoms with Crippen molar-refractivity contribution in [2.75, 3.05) is 31.2 Å². The summed E-state index contributed by atoms with van der Waals surface area (Å²) in [6.07, 6.45) is 4.84. The zero-order valence-electron chi connectivity index (χ0n) is 19.8. The van der Waals surface area contributed by atoms with Crippen molar-refractivity contribution in [3.05, 3.63) is 54.6 Å². The molecule has 188 valence electrons. The fraction of sp³-hybridized carbons (Fsp3) is 0.500. The van der Waals surface area contributed by atoms with Crippen LogP contribution in [0.5, 0.6) is 0 Å². The number of nitrogens with zero attached hydrogens (tertiary/aromatic N) is 2. The van der Waals surface area contributed by atoms with Gasteiger partial charge in [0.25, 0.3) is 5.91 Å². The quantitative estimate of drug-likeness (QED) is 0.377. The van der Waals surface area contributed by atoms with Crippen molar-refractivity contribution in [2.45, 2.75) is 41.7 Å². The lowest BCUT2D eigenvalue weighted by atomic mass is 9.66. The van der Waals surface area contributed by atoms with Crippen molar-refractivity contribution >= 4 is 46.8 Å². The molecule has 3 saturated heterocycles. The molecule has 2 amide bonds. The maximum atomic E-state index is 14.3. The highest BCUT2D eigenvalue weighted by atomic mass is 35.5. The van der Waals surface area contributed by atoms with Gasteiger partial charge in [-0.25, -0.2) is 0 Å². The smallest absolute Gasteiger partial charge is 0.311 e. The van der Waals surface area contributed by atoms with Crippen LogP contribution in [-0.4, -0.2) is 69.6 Å². The van der Waals surface area contributed by atoms with Crippen molar-refractivity contribution < 1.29 is 24.2 Å². The number of carbonyl (C=O) groups is 3. The van der Waals surface area contributed by atoms with Gasteiger partial charge in [-0.2, -0.15) is 0 Å². The van der Waals surface area contributed by atoms with Crippen LogP contribution in [0.4, 0.5) is 5.69 Å². The number of hydrogen-bond acceptors (Lipinski definition) is 6. The molecular weight excluding hydrogens is 488 g/mol. The van der Waals surface area contributed by atoms with Gasteiger partial charge in [0.1, 0.15) is 12.6 Å². The Balaban J connectivity index is 1.77. The summed E-state index contributed by atoms with van der Waals surface area (Å²) in [6.45, 7) is 9.88. The van der Waals surface area contributed by atoms with Gasteiger partial charge in [-0.3, -0.25) is 14.4 Å². The molecule has 0 aromatic heterocycles. The predicted octanol–water partition coefficient (Wildman–Crippen LogP) is 3.45. The number of anilines is 1. The van der Waals surface area contributed by atoms with E-state index < -0.39 is 33.3 Å². The first-order chi connectivity index (χ1) is 16.7. The molecule has 1 aromatic carbocycles. The van der Waals surface area contributed by atoms with Gasteiger partial charge in [-0.05, 0) is 50.5 Å². The number of likely N-dealkylation sites (tertiary alicyclic amines) is 1. The van der Waals surface area contributed by atoms with E-state index in [4.69, 9.17) is 16.3 Å². The van der Waals surface area contributed by atoms with Crippen LogP contribution in [0.2, 0.25) is 5.02 Å². The van der Waals surface area contributed by atoms with Gasteiger partial charge in [0, 0.05) is 35.2 Å². The summed E-state index contributed by atoms with van der Waals surface area (Å²) in [7, 11) is 0. The molecule has 2 unspecified atom stereocenters. The topological polar surface area (TPSA) is 87.1 Å². The molecule has 1 spiro atoms. The van der Waals surface area contributed by atoms with Crippen LogP contribution in [0.15, 0.2) is 49.6 Å². The lowest BCUT2D eigenvalue weighted by Gasteiger charge is -2.37. The minimum atomic E-state index is -0.772. The minimum Gasteiger partial charge on any atom is -0.461 e. The summed E-state index contributed by atoms with van der Waals surface area (Å²) >= 11 is 7.65. The second-order valence-electron chi connectivity index (χ2n) is 9.47. The van der Waals surface area contributed by atoms with E-state index in [0.717, 1.165) is 0 Å². The van der Waals surface area contributed by atoms with Crippen LogP contribution in [0.3, 0.4) is 0 Å². The van der Waals surface area contributed by atoms with Crippen molar-refractivity contribution in [3.8, 4) is 0 Å². The summed E-state index contributed by atoms with van der Waals surface area (Å²) < 4.78 is 4.18. The molecule has 0 radical (unpaired) electrons. The molecule has 0 aliphatic carbocycles. The van der Waals surface area contributed by atoms with E-state index in [1.807, 2.05) is 6.92 Å². The highest BCUT2D eigenvalue weighted by molar-refractivity contribution is 8.02. The fourth-order valence-electron chi connectivity index (χ4n) is 6.00. The Bertz CT molecular complexity index is 1030. The van der Waals surface area contributed by atoms with Crippen molar-refractivity contribution in [3.63, 3.8) is 0 Å². The molecular formula is C26H31ClN2O5S. The number of halogens is 1. The molecule has 5 atom stereocenters. The van der Waals surface area contributed by atoms with Gasteiger partial charge < -0.3 is 19.6 Å². The molecule has 7 nitrogen and oxygen atoms in total. The van der Waals surface area contributed by atoms with E-state index in [2.05, 4.69) is 13.2 Å². The number of thioether (sulfide) groups is 1. The highest BCUT2D eigenvalue weighted by Crippen LogP contribution is 2.71. The highest BCUT2D eigenvalue weighted by Gasteiger charge is 2.77. The van der Waals surface area contributed by atoms with Crippen LogP contribution in [-0.2, 0) is 19.1 Å². The third-order valence-corrected chi connectivity index (χ3v) is 9.62. The first-order valence-electron chi connectivity index (χ1n) is 11.8. The van der Waals surface area contributed by atoms with Crippen LogP contribution in [0.25, 0.3) is 0 Å². The molecule has 3 heterocycles. The number of aliphatic hydroxyl groups excluding tert-OH is 1. The SMILES string of the molecule is C=CCOC(=O)[C@@H]1[C@H]2C(=O)N(CCCO)C(C(=O)N(CC=C)c3ccc(Cl)cc3)C23CC[C@@]1(C)S3. The summed E-state index contributed by atoms with van der Waals surface area (Å²) in [5.74, 6) is -2.17. The lowest BCUT2D eigenvalue weighted by Crippen LogP contribution is -2.55. The van der Waals surface area contributed by atoms with E-state index in [9.17, 15) is 19.5 Å². The van der Waals surface area contributed by atoms with Gasteiger partial charge >= 0.3 is 5.97 Å². The van der Waals surface area contributed by atoms with Crippen LogP contribution in [0.1, 0.15) is 26.2 Å². The van der Waals surface area contributed by atoms with E-state index in [1.54, 1.807) is 51.9 Å². The zero-order valence-corrected chi connectivity index (χ0v) is 21.4. The Morgan fingerprint density at radius 2 is 2.00 bits per heavy atom. The Morgan fingerprint density at radius 1 is 1.29 bits per heavy atom. The number of benzene rings is 1. The normalized spacial score (nSPS) is 30.8. The second-order valence-corrected chi connectivity index (χ2v) is 11.8. The Hall–Kier alpha value is -2.29. The number of fused-ring (bicyclic) bond motifs is 1. The van der Waals surface area contributed by atoms with Crippen LogP contribution < -0.4 is 4.90 Å². The maximum Gasteiger partial charge on any atom is 0.311 e. The first kappa shape index (κ1) is 25.8. The molecule has 3 aliphatic rings. The average Bonchev–Trinajstić information content (AvgIpc) is 3.40. The van der Waals surface area contributed by atoms with Gasteiger partial charge in [0.2, 0.25) is 5.91 Å². The van der Waals surface area contributed by atoms with Crippen LogP contribution in [0, 0.1) is 11.8 Å². The predicted molar refractivity (Wildman–Crippen MR) is 137 cm³/mol. The molecule has 1 N–H and O–H groups in total. The maximum absolute atomic E-state index is 14.3. The van der Waals surface area contributed by atoms with Gasteiger partial charge in [-0.15, -0.1) is 18.3 Å². The van der Waals surface area contributed by atoms with E-state index in [0.29, 0.717) is 30.0 Å². The standard InChI is InChI=1S/C26H31ClN2O5S/c1-4-13-28(18-9-7-17(27)8-10-18)23(32)21-26-12-11-25(3,35-26)20(24(33)34-16-5-2)19(26)22(31)29(21)14-6-15-30/h4-5,7-10,19-21,30H,1-2,6,11-16H2,3H3/t19-,20-,21?,25+,26?/m0/s1. The minimum absolute atomic E-state index is 0.0737. The van der Waals surface area contributed by atoms with Crippen molar-refractivity contribution in [2.24, 2.45) is 11.8 Å². The van der Waals surface area contributed by atoms with E-state index >= 15 is 0 Å². The van der Waals surface area contributed by atoms with Crippen LogP contribution >= 0.6 is 23.4 Å². The molecule has 0 saturated carbocycles. The summed E-state index contributed by atoms with van der Waals surface area (Å²) in [5.41, 5.74) is 0.652. The third-order valence-electron chi connectivity index (χ3n) is 7.38. The molecule has 3 fully saturated rings. The van der Waals surface area contributed by atoms with E-state index in [1.165, 1.54) is 6.08 Å². The number of aliphatic hydroxyl groups is 1. The monoisotopic (exact) mass is 518 g/mol. The largest absolute Gasteiger partial charge is 0.461 e. The van der Waals surface area contributed by atoms with E-state index in [-0.39, 0.29) is 38.1 Å². The van der Waals surface area contributed by atoms with Gasteiger partial charge in [-0.1, -0.05) is 30.3 Å². The number of rotatable bonds is 10. The molecule has 4 rings (SSSR count). The Morgan fingerprint density at radius 3 is 2.63 bits per heavy atom. The molecule has 9 heteroatoms. The molecule has 1 aromatic rings. The molecule has 35 heavy (non-hydrogen) atoms. The summed E-state index contributed by atoms with van der Waals surface area (Å²) in [5, 5.41) is 10.1. The third kappa shape index (κ3) is 4.19. The van der Waals surface area contributed by atoms with Crippen molar-refractivity contribution in [1.29, 1.82) is 0 Å². The Labute approximate surface area is 215 Å². The van der Waals surface area contributed by atoms with Gasteiger partial charge in [0.15, 0.2) is 0 Å². The average molecular weight is 519 g/mol. The second kappa shape index (κ2) is 9.99. The zero-order chi connectivity index (χ0) is 25.4. The fourth-order valence-corrected chi connectivity index (χ4v) is 8.46. The lowest BCUT2D eigenvalue weighted by molar-refractivity contribution is -0.154. The number of amides is 2. The first-order valence-corrected chi connectivity index (χ1v) is 13.0. The van der Waals surface area contributed by atoms with Crippen molar-refractivity contribution in [1.82, 2.24) is 4.90 Å². The summed E-state index contributed by atoms with van der Waals surface area (Å²) in [6, 6.07) is 6.19. The number of esters is 1. The summed E-state index contributed by atoms with van der Waals surface area (Å²) in [4.78, 5) is 44.5. The number of ether oxygens (including phenoxy) is 1.